The normalized spacial score (nSPS) is 26.8. The lowest BCUT2D eigenvalue weighted by atomic mass is 10.0. The lowest BCUT2D eigenvalue weighted by Crippen LogP contribution is -2.45. The highest BCUT2D eigenvalue weighted by molar-refractivity contribution is 5.03. The average molecular weight is 234 g/mol. The number of aryl methyl sites for hydroxylation is 1. The minimum Gasteiger partial charge on any atom is -0.347 e. The van der Waals surface area contributed by atoms with Gasteiger partial charge in [0.15, 0.2) is 24.7 Å². The number of nitrogens with zero attached hydrogens (tertiary/aromatic N) is 1. The first kappa shape index (κ1) is 11.2. The Balaban J connectivity index is 1.74. The molecule has 0 radical (unpaired) electrons. The molecule has 3 nitrogen and oxygen atoms in total. The Morgan fingerprint density at radius 1 is 1.29 bits per heavy atom. The molecule has 92 valence electrons. The highest BCUT2D eigenvalue weighted by atomic mass is 16.7. The van der Waals surface area contributed by atoms with E-state index in [4.69, 9.17) is 9.47 Å². The average Bonchev–Trinajstić information content (AvgIpc) is 2.95. The van der Waals surface area contributed by atoms with Crippen molar-refractivity contribution < 1.29 is 14.0 Å². The quantitative estimate of drug-likeness (QED) is 0.728. The van der Waals surface area contributed by atoms with E-state index in [2.05, 4.69) is 36.0 Å². The van der Waals surface area contributed by atoms with Gasteiger partial charge in [-0.3, -0.25) is 0 Å². The molecule has 2 fully saturated rings. The van der Waals surface area contributed by atoms with Crippen molar-refractivity contribution in [1.82, 2.24) is 0 Å². The van der Waals surface area contributed by atoms with Crippen LogP contribution in [0.1, 0.15) is 24.8 Å². The third kappa shape index (κ3) is 2.09. The van der Waals surface area contributed by atoms with Gasteiger partial charge in [-0.15, -0.1) is 0 Å². The first-order valence-electron chi connectivity index (χ1n) is 6.52. The third-order valence-electron chi connectivity index (χ3n) is 3.96. The molecule has 0 aromatic carbocycles. The number of hydrogen-bond donors (Lipinski definition) is 0. The maximum Gasteiger partial charge on any atom is 0.177 e. The molecule has 2 heterocycles. The summed E-state index contributed by atoms with van der Waals surface area (Å²) in [6.07, 6.45) is 7.79. The predicted octanol–water partition coefficient (Wildman–Crippen LogP) is 1.83. The zero-order chi connectivity index (χ0) is 11.7. The van der Waals surface area contributed by atoms with E-state index >= 15 is 0 Å². The van der Waals surface area contributed by atoms with E-state index in [1.54, 1.807) is 0 Å². The predicted molar refractivity (Wildman–Crippen MR) is 63.4 cm³/mol. The van der Waals surface area contributed by atoms with Gasteiger partial charge in [0.05, 0.1) is 19.1 Å². The van der Waals surface area contributed by atoms with E-state index < -0.39 is 0 Å². The minimum atomic E-state index is -0.266. The molecule has 1 spiro atoms. The van der Waals surface area contributed by atoms with Gasteiger partial charge in [-0.2, -0.15) is 0 Å². The molecule has 1 unspecified atom stereocenters. The molecule has 1 atom stereocenters. The lowest BCUT2D eigenvalue weighted by Gasteiger charge is -2.27. The van der Waals surface area contributed by atoms with Gasteiger partial charge < -0.3 is 9.47 Å². The second kappa shape index (κ2) is 4.39. The molecule has 17 heavy (non-hydrogen) atoms. The van der Waals surface area contributed by atoms with Crippen LogP contribution in [-0.2, 0) is 16.0 Å². The number of hydrogen-bond acceptors (Lipinski definition) is 2. The van der Waals surface area contributed by atoms with Crippen molar-refractivity contribution in [2.45, 2.75) is 38.5 Å². The second-order valence-electron chi connectivity index (χ2n) is 5.17. The van der Waals surface area contributed by atoms with Crippen molar-refractivity contribution in [3.63, 3.8) is 0 Å². The van der Waals surface area contributed by atoms with Crippen LogP contribution in [0, 0.1) is 12.8 Å². The molecule has 1 saturated heterocycles. The van der Waals surface area contributed by atoms with Crippen LogP contribution in [0.2, 0.25) is 0 Å². The van der Waals surface area contributed by atoms with Crippen LogP contribution in [0.3, 0.4) is 0 Å². The van der Waals surface area contributed by atoms with E-state index in [0.717, 1.165) is 26.2 Å². The summed E-state index contributed by atoms with van der Waals surface area (Å²) < 4.78 is 14.0. The van der Waals surface area contributed by atoms with Crippen LogP contribution >= 0.6 is 0 Å². The fourth-order valence-corrected chi connectivity index (χ4v) is 3.01. The molecule has 2 aliphatic rings. The highest BCUT2D eigenvalue weighted by Crippen LogP contribution is 2.42. The van der Waals surface area contributed by atoms with Crippen molar-refractivity contribution >= 4 is 0 Å². The van der Waals surface area contributed by atoms with Crippen LogP contribution < -0.4 is 4.57 Å². The lowest BCUT2D eigenvalue weighted by molar-refractivity contribution is -0.706. The number of pyridine rings is 1. The van der Waals surface area contributed by atoms with E-state index in [1.165, 1.54) is 18.4 Å². The molecule has 1 aromatic heterocycles. The number of ether oxygens (including phenoxy) is 2. The molecule has 1 aliphatic heterocycles. The van der Waals surface area contributed by atoms with Gasteiger partial charge in [-0.1, -0.05) is 0 Å². The van der Waals surface area contributed by atoms with Crippen LogP contribution in [0.4, 0.5) is 0 Å². The molecule has 1 saturated carbocycles. The fraction of sp³-hybridized carbons (Fsp3) is 0.643. The summed E-state index contributed by atoms with van der Waals surface area (Å²) in [5, 5.41) is 0. The van der Waals surface area contributed by atoms with E-state index in [1.807, 2.05) is 0 Å². The Morgan fingerprint density at radius 2 is 2.00 bits per heavy atom. The Bertz CT molecular complexity index is 376. The zero-order valence-electron chi connectivity index (χ0n) is 10.4. The van der Waals surface area contributed by atoms with Crippen LogP contribution in [0.25, 0.3) is 0 Å². The van der Waals surface area contributed by atoms with Gasteiger partial charge in [0.1, 0.15) is 0 Å². The summed E-state index contributed by atoms with van der Waals surface area (Å²) in [5.41, 5.74) is 1.30. The number of aromatic nitrogens is 1. The summed E-state index contributed by atoms with van der Waals surface area (Å²) in [5.74, 6) is 0.232. The monoisotopic (exact) mass is 234 g/mol. The standard InChI is InChI=1S/C14H20NO2/c1-12-4-7-15(8-5-12)11-13-3-2-6-14(13)16-9-10-17-14/h4-5,7-8,13H,2-3,6,9-11H2,1H3/q+1. The molecule has 0 amide bonds. The third-order valence-corrected chi connectivity index (χ3v) is 3.96. The summed E-state index contributed by atoms with van der Waals surface area (Å²) >= 11 is 0. The minimum absolute atomic E-state index is 0.266. The molecule has 1 aliphatic carbocycles. The summed E-state index contributed by atoms with van der Waals surface area (Å²) in [7, 11) is 0. The smallest absolute Gasteiger partial charge is 0.177 e. The Kier molecular flexibility index (Phi) is 2.89. The molecular formula is C14H20NO2+. The van der Waals surface area contributed by atoms with Crippen molar-refractivity contribution in [3.05, 3.63) is 30.1 Å². The van der Waals surface area contributed by atoms with Gasteiger partial charge in [-0.05, 0) is 25.3 Å². The highest BCUT2D eigenvalue weighted by Gasteiger charge is 2.49. The summed E-state index contributed by atoms with van der Waals surface area (Å²) in [6, 6.07) is 4.30. The van der Waals surface area contributed by atoms with Gasteiger partial charge in [-0.25, -0.2) is 4.57 Å². The second-order valence-corrected chi connectivity index (χ2v) is 5.17. The first-order chi connectivity index (χ1) is 8.28. The SMILES string of the molecule is Cc1cc[n+](CC2CCCC23OCCO3)cc1. The fourth-order valence-electron chi connectivity index (χ4n) is 3.01. The van der Waals surface area contributed by atoms with Crippen LogP contribution in [0.5, 0.6) is 0 Å². The molecule has 3 rings (SSSR count). The maximum atomic E-state index is 5.87. The Morgan fingerprint density at radius 3 is 2.71 bits per heavy atom. The largest absolute Gasteiger partial charge is 0.347 e. The van der Waals surface area contributed by atoms with Crippen molar-refractivity contribution in [1.29, 1.82) is 0 Å². The molecule has 0 bridgehead atoms. The van der Waals surface area contributed by atoms with Gasteiger partial charge in [0.2, 0.25) is 0 Å². The van der Waals surface area contributed by atoms with Gasteiger partial charge in [0.25, 0.3) is 0 Å². The number of rotatable bonds is 2. The zero-order valence-corrected chi connectivity index (χ0v) is 10.4. The van der Waals surface area contributed by atoms with E-state index in [0.29, 0.717) is 5.92 Å². The van der Waals surface area contributed by atoms with Crippen LogP contribution in [0.15, 0.2) is 24.5 Å². The topological polar surface area (TPSA) is 22.3 Å². The van der Waals surface area contributed by atoms with Crippen LogP contribution in [-0.4, -0.2) is 19.0 Å². The van der Waals surface area contributed by atoms with Gasteiger partial charge >= 0.3 is 0 Å². The van der Waals surface area contributed by atoms with E-state index in [9.17, 15) is 0 Å². The Hall–Kier alpha value is -0.930. The molecule has 1 aromatic rings. The molecular weight excluding hydrogens is 214 g/mol. The molecule has 0 N–H and O–H groups in total. The van der Waals surface area contributed by atoms with Crippen molar-refractivity contribution in [2.75, 3.05) is 13.2 Å². The molecule has 3 heteroatoms. The van der Waals surface area contributed by atoms with Gasteiger partial charge in [0, 0.05) is 18.6 Å². The van der Waals surface area contributed by atoms with E-state index in [-0.39, 0.29) is 5.79 Å². The summed E-state index contributed by atoms with van der Waals surface area (Å²) in [6.45, 7) is 4.63. The van der Waals surface area contributed by atoms with Crippen molar-refractivity contribution in [2.24, 2.45) is 5.92 Å². The van der Waals surface area contributed by atoms with Crippen molar-refractivity contribution in [3.8, 4) is 0 Å². The Labute approximate surface area is 102 Å². The first-order valence-corrected chi connectivity index (χ1v) is 6.52. The summed E-state index contributed by atoms with van der Waals surface area (Å²) in [4.78, 5) is 0. The maximum absolute atomic E-state index is 5.87.